The summed E-state index contributed by atoms with van der Waals surface area (Å²) in [4.78, 5) is 15.9. The van der Waals surface area contributed by atoms with Crippen LogP contribution in [0.2, 0.25) is 0 Å². The molecule has 0 unspecified atom stereocenters. The summed E-state index contributed by atoms with van der Waals surface area (Å²) in [7, 11) is 0. The number of nitrogens with zero attached hydrogens (tertiary/aromatic N) is 1. The van der Waals surface area contributed by atoms with Crippen LogP contribution in [-0.2, 0) is 10.7 Å². The zero-order valence-corrected chi connectivity index (χ0v) is 13.2. The molecule has 1 amide bonds. The highest BCUT2D eigenvalue weighted by Gasteiger charge is 2.17. The topological polar surface area (TPSA) is 67.5 Å². The Labute approximate surface area is 139 Å². The van der Waals surface area contributed by atoms with E-state index in [1.807, 2.05) is 48.5 Å². The molecule has 3 N–H and O–H groups in total. The number of aliphatic imine (C=N–C) groups is 1. The van der Waals surface area contributed by atoms with Gasteiger partial charge in [0.05, 0.1) is 12.3 Å². The van der Waals surface area contributed by atoms with Gasteiger partial charge in [-0.1, -0.05) is 36.4 Å². The standard InChI is InChI=1S/C18H16ClN3O/c19-10-12-6-7-16-15(8-12)18(13-4-2-1-3-5-13)21-11-14(22-16)9-17(20)23/h1-9,22H,10-11H2,(H2,20,23). The third kappa shape index (κ3) is 3.43. The average molecular weight is 326 g/mol. The molecule has 0 radical (unpaired) electrons. The molecule has 116 valence electrons. The van der Waals surface area contributed by atoms with Crippen molar-refractivity contribution in [2.45, 2.75) is 5.88 Å². The smallest absolute Gasteiger partial charge is 0.243 e. The first-order valence-electron chi connectivity index (χ1n) is 7.23. The van der Waals surface area contributed by atoms with Crippen molar-refractivity contribution in [2.24, 2.45) is 10.7 Å². The predicted molar refractivity (Wildman–Crippen MR) is 93.8 cm³/mol. The van der Waals surface area contributed by atoms with Gasteiger partial charge in [-0.2, -0.15) is 0 Å². The molecular formula is C18H16ClN3O. The van der Waals surface area contributed by atoms with Crippen molar-refractivity contribution in [1.82, 2.24) is 0 Å². The average Bonchev–Trinajstić information content (AvgIpc) is 2.73. The van der Waals surface area contributed by atoms with E-state index in [1.54, 1.807) is 0 Å². The molecular weight excluding hydrogens is 310 g/mol. The highest BCUT2D eigenvalue weighted by Crippen LogP contribution is 2.26. The summed E-state index contributed by atoms with van der Waals surface area (Å²) in [6.07, 6.45) is 1.37. The Kier molecular flexibility index (Phi) is 4.44. The number of alkyl halides is 1. The van der Waals surface area contributed by atoms with E-state index in [0.717, 1.165) is 28.1 Å². The van der Waals surface area contributed by atoms with Gasteiger partial charge in [0.25, 0.3) is 0 Å². The first-order valence-corrected chi connectivity index (χ1v) is 7.77. The number of fused-ring (bicyclic) bond motifs is 1. The van der Waals surface area contributed by atoms with E-state index in [9.17, 15) is 4.79 Å². The SMILES string of the molecule is NC(=O)C=C1CN=C(c2ccccc2)c2cc(CCl)ccc2N1. The fourth-order valence-corrected chi connectivity index (χ4v) is 2.70. The van der Waals surface area contributed by atoms with Crippen molar-refractivity contribution in [2.75, 3.05) is 11.9 Å². The second-order valence-electron chi connectivity index (χ2n) is 5.24. The normalized spacial score (nSPS) is 15.3. The van der Waals surface area contributed by atoms with E-state index >= 15 is 0 Å². The number of benzodiazepines with no additional fused rings is 1. The molecule has 0 spiro atoms. The maximum atomic E-state index is 11.2. The molecule has 0 saturated carbocycles. The number of nitrogens with one attached hydrogen (secondary N) is 1. The first kappa shape index (κ1) is 15.3. The molecule has 23 heavy (non-hydrogen) atoms. The molecule has 2 aromatic rings. The Hall–Kier alpha value is -2.59. The molecule has 1 aliphatic rings. The molecule has 0 aliphatic carbocycles. The maximum absolute atomic E-state index is 11.2. The second kappa shape index (κ2) is 6.67. The van der Waals surface area contributed by atoms with Crippen LogP contribution in [0.3, 0.4) is 0 Å². The van der Waals surface area contributed by atoms with Crippen molar-refractivity contribution < 1.29 is 4.79 Å². The van der Waals surface area contributed by atoms with Gasteiger partial charge in [-0.15, -0.1) is 11.6 Å². The Balaban J connectivity index is 2.15. The van der Waals surface area contributed by atoms with Gasteiger partial charge in [-0.05, 0) is 17.7 Å². The fraction of sp³-hybridized carbons (Fsp3) is 0.111. The zero-order chi connectivity index (χ0) is 16.2. The van der Waals surface area contributed by atoms with Crippen molar-refractivity contribution in [1.29, 1.82) is 0 Å². The second-order valence-corrected chi connectivity index (χ2v) is 5.51. The Morgan fingerprint density at radius 2 is 2.04 bits per heavy atom. The van der Waals surface area contributed by atoms with Gasteiger partial charge in [0.1, 0.15) is 0 Å². The highest BCUT2D eigenvalue weighted by molar-refractivity contribution is 6.18. The lowest BCUT2D eigenvalue weighted by atomic mass is 9.99. The molecule has 0 bridgehead atoms. The Bertz CT molecular complexity index is 797. The van der Waals surface area contributed by atoms with Crippen LogP contribution >= 0.6 is 11.6 Å². The number of benzene rings is 2. The molecule has 0 aromatic heterocycles. The lowest BCUT2D eigenvalue weighted by Gasteiger charge is -2.12. The molecule has 3 rings (SSSR count). The van der Waals surface area contributed by atoms with Gasteiger partial charge < -0.3 is 11.1 Å². The summed E-state index contributed by atoms with van der Waals surface area (Å²) in [5, 5.41) is 3.24. The van der Waals surface area contributed by atoms with Gasteiger partial charge in [0.2, 0.25) is 5.91 Å². The van der Waals surface area contributed by atoms with Crippen molar-refractivity contribution >= 4 is 28.9 Å². The van der Waals surface area contributed by atoms with Crippen molar-refractivity contribution in [3.8, 4) is 0 Å². The molecule has 0 saturated heterocycles. The minimum atomic E-state index is -0.496. The fourth-order valence-electron chi connectivity index (χ4n) is 2.54. The van der Waals surface area contributed by atoms with E-state index in [1.165, 1.54) is 6.08 Å². The van der Waals surface area contributed by atoms with E-state index in [2.05, 4.69) is 10.3 Å². The minimum absolute atomic E-state index is 0.359. The third-order valence-electron chi connectivity index (χ3n) is 3.56. The molecule has 4 nitrogen and oxygen atoms in total. The van der Waals surface area contributed by atoms with Crippen LogP contribution in [0, 0.1) is 0 Å². The molecule has 1 heterocycles. The Morgan fingerprint density at radius 3 is 2.74 bits per heavy atom. The van der Waals surface area contributed by atoms with Crippen LogP contribution in [0.4, 0.5) is 5.69 Å². The molecule has 0 fully saturated rings. The Morgan fingerprint density at radius 1 is 1.26 bits per heavy atom. The summed E-state index contributed by atoms with van der Waals surface area (Å²) < 4.78 is 0. The predicted octanol–water partition coefficient (Wildman–Crippen LogP) is 3.06. The van der Waals surface area contributed by atoms with Gasteiger partial charge in [-0.3, -0.25) is 9.79 Å². The van der Waals surface area contributed by atoms with Gasteiger partial charge in [-0.25, -0.2) is 0 Å². The molecule has 2 aromatic carbocycles. The number of primary amides is 1. The summed E-state index contributed by atoms with van der Waals surface area (Å²) in [6.45, 7) is 0.359. The monoisotopic (exact) mass is 325 g/mol. The van der Waals surface area contributed by atoms with Crippen LogP contribution in [0.25, 0.3) is 0 Å². The van der Waals surface area contributed by atoms with Crippen molar-refractivity contribution in [3.63, 3.8) is 0 Å². The van der Waals surface area contributed by atoms with E-state index < -0.39 is 5.91 Å². The summed E-state index contributed by atoms with van der Waals surface area (Å²) in [6, 6.07) is 15.9. The van der Waals surface area contributed by atoms with Crippen LogP contribution in [-0.4, -0.2) is 18.2 Å². The highest BCUT2D eigenvalue weighted by atomic mass is 35.5. The van der Waals surface area contributed by atoms with Gasteiger partial charge in [0.15, 0.2) is 0 Å². The lowest BCUT2D eigenvalue weighted by molar-refractivity contribution is -0.113. The lowest BCUT2D eigenvalue weighted by Crippen LogP contribution is -2.11. The van der Waals surface area contributed by atoms with Crippen LogP contribution < -0.4 is 11.1 Å². The number of hydrogen-bond donors (Lipinski definition) is 2. The first-order chi connectivity index (χ1) is 11.2. The van der Waals surface area contributed by atoms with Crippen molar-refractivity contribution in [3.05, 3.63) is 77.0 Å². The van der Waals surface area contributed by atoms with E-state index in [4.69, 9.17) is 17.3 Å². The van der Waals surface area contributed by atoms with E-state index in [-0.39, 0.29) is 0 Å². The number of hydrogen-bond acceptors (Lipinski definition) is 3. The number of amides is 1. The number of carbonyl (C=O) groups excluding carboxylic acids is 1. The number of nitrogens with two attached hydrogens (primary N) is 1. The molecule has 0 atom stereocenters. The minimum Gasteiger partial charge on any atom is -0.366 e. The number of rotatable bonds is 3. The zero-order valence-electron chi connectivity index (χ0n) is 12.4. The summed E-state index contributed by atoms with van der Waals surface area (Å²) in [5.41, 5.74) is 10.7. The number of anilines is 1. The largest absolute Gasteiger partial charge is 0.366 e. The summed E-state index contributed by atoms with van der Waals surface area (Å²) in [5.74, 6) is -0.0657. The number of carbonyl (C=O) groups is 1. The quantitative estimate of drug-likeness (QED) is 0.672. The number of halogens is 1. The molecule has 5 heteroatoms. The van der Waals surface area contributed by atoms with Crippen LogP contribution in [0.15, 0.2) is 65.3 Å². The maximum Gasteiger partial charge on any atom is 0.243 e. The molecule has 1 aliphatic heterocycles. The van der Waals surface area contributed by atoms with Crippen LogP contribution in [0.1, 0.15) is 16.7 Å². The van der Waals surface area contributed by atoms with E-state index in [0.29, 0.717) is 18.1 Å². The van der Waals surface area contributed by atoms with Gasteiger partial charge >= 0.3 is 0 Å². The third-order valence-corrected chi connectivity index (χ3v) is 3.87. The van der Waals surface area contributed by atoms with Crippen LogP contribution in [0.5, 0.6) is 0 Å². The summed E-state index contributed by atoms with van der Waals surface area (Å²) >= 11 is 5.97. The van der Waals surface area contributed by atoms with Gasteiger partial charge in [0, 0.05) is 34.5 Å².